The Balaban J connectivity index is 1.14. The summed E-state index contributed by atoms with van der Waals surface area (Å²) >= 11 is 1.41. The van der Waals surface area contributed by atoms with Crippen molar-refractivity contribution in [3.05, 3.63) is 70.8 Å². The van der Waals surface area contributed by atoms with Crippen LogP contribution in [-0.2, 0) is 48.0 Å². The summed E-state index contributed by atoms with van der Waals surface area (Å²) in [6, 6.07) is 7.05. The number of ether oxygens (including phenoxy) is 2. The normalized spacial score (nSPS) is 22.8. The predicted octanol–water partition coefficient (Wildman–Crippen LogP) is 5.75. The Morgan fingerprint density at radius 1 is 1.14 bits per heavy atom. The third kappa shape index (κ3) is 8.96. The minimum Gasteiger partial charge on any atom is -0.464 e. The number of esters is 1. The monoisotopic (exact) mass is 921 g/mol. The van der Waals surface area contributed by atoms with E-state index in [0.717, 1.165) is 44.7 Å². The number of thiazole rings is 1. The van der Waals surface area contributed by atoms with Gasteiger partial charge < -0.3 is 34.1 Å². The van der Waals surface area contributed by atoms with Crippen molar-refractivity contribution < 1.29 is 33.4 Å². The number of benzene rings is 1. The number of likely N-dealkylation sites (tertiary alicyclic amines) is 2. The second-order valence-corrected chi connectivity index (χ2v) is 20.2. The maximum absolute atomic E-state index is 14.7. The van der Waals surface area contributed by atoms with E-state index in [1.165, 1.54) is 27.3 Å². The summed E-state index contributed by atoms with van der Waals surface area (Å²) in [6.45, 7) is 17.6. The van der Waals surface area contributed by atoms with Crippen LogP contribution in [0.3, 0.4) is 0 Å². The molecule has 3 aromatic heterocycles. The molecule has 4 aromatic rings. The number of methoxy groups -OCH3 is 1. The lowest BCUT2D eigenvalue weighted by Crippen LogP contribution is -2.63. The molecule has 0 aliphatic carbocycles. The molecule has 8 rings (SSSR count). The van der Waals surface area contributed by atoms with E-state index in [2.05, 4.69) is 66.9 Å². The van der Waals surface area contributed by atoms with Crippen LogP contribution >= 0.6 is 11.3 Å². The van der Waals surface area contributed by atoms with E-state index in [1.807, 2.05) is 32.2 Å². The molecule has 352 valence electrons. The van der Waals surface area contributed by atoms with Gasteiger partial charge in [0, 0.05) is 85.8 Å². The molecule has 6 atom stereocenters. The van der Waals surface area contributed by atoms with Gasteiger partial charge in [0.1, 0.15) is 18.1 Å². The van der Waals surface area contributed by atoms with Gasteiger partial charge in [-0.3, -0.25) is 29.2 Å². The van der Waals surface area contributed by atoms with E-state index < -0.39 is 41.3 Å². The average molecular weight is 922 g/mol. The van der Waals surface area contributed by atoms with Gasteiger partial charge in [0.15, 0.2) is 0 Å². The Bertz CT molecular complexity index is 2530. The molecule has 5 amide bonds. The van der Waals surface area contributed by atoms with Gasteiger partial charge >= 0.3 is 12.0 Å². The number of hydrogen-bond donors (Lipinski definition) is 2. The van der Waals surface area contributed by atoms with Gasteiger partial charge in [-0.25, -0.2) is 15.2 Å². The van der Waals surface area contributed by atoms with Gasteiger partial charge in [-0.15, -0.1) is 11.3 Å². The van der Waals surface area contributed by atoms with Crippen molar-refractivity contribution in [2.75, 3.05) is 40.4 Å². The summed E-state index contributed by atoms with van der Waals surface area (Å²) in [7, 11) is 3.30. The molecule has 0 spiro atoms. The zero-order chi connectivity index (χ0) is 47.2. The van der Waals surface area contributed by atoms with Crippen molar-refractivity contribution in [2.24, 2.45) is 11.3 Å². The summed E-state index contributed by atoms with van der Waals surface area (Å²) in [4.78, 5) is 84.4. The molecule has 2 N–H and O–H groups in total. The van der Waals surface area contributed by atoms with Gasteiger partial charge in [-0.2, -0.15) is 0 Å². The summed E-state index contributed by atoms with van der Waals surface area (Å²) in [5, 5.41) is 8.12. The average Bonchev–Trinajstić information content (AvgIpc) is 4.12. The third-order valence-corrected chi connectivity index (χ3v) is 14.6. The number of urea groups is 1. The Morgan fingerprint density at radius 2 is 1.89 bits per heavy atom. The standard InChI is InChI=1S/C49H63N9O7S/c1-10-41(59)56-24-32-21-31(56)25-57(32)48(63)54(8)43(28(3)4)45(60)52-37-22-40-51-38(26-66-40)30-16-17-39-34(20-30)35(44(55(39)11-2)33-14-12-18-50-42(33)29(5)64-9)23-49(6,7)27-65-47(62)36-15-13-19-58(53-36)46(37)61/h10,12,14,16-18,20,26,28-29,31-32,36-37,43,53H,1,11,13,15,19,21-25,27H2,2-9H3,(H,52,60)/t29-,31-,32-,36-,37-,43?/m0/s1. The maximum Gasteiger partial charge on any atom is 0.324 e. The lowest BCUT2D eigenvalue weighted by molar-refractivity contribution is -0.155. The molecule has 17 heteroatoms. The SMILES string of the molecule is C=CC(=O)N1C[C@@H]2C[C@H]1CN2C(=O)N(C)C(C(=O)N[C@H]1Cc2nc(cs2)-c2ccc3c(c2)c(c(-c2cccnc2[C@H](C)OC)n3CC)CC(C)(C)COC(=O)[C@@H]2CCCN(N2)C1=O)C(C)C. The lowest BCUT2D eigenvalue weighted by atomic mass is 9.84. The summed E-state index contributed by atoms with van der Waals surface area (Å²) in [5.74, 6) is -1.82. The van der Waals surface area contributed by atoms with E-state index in [1.54, 1.807) is 30.2 Å². The van der Waals surface area contributed by atoms with E-state index in [0.29, 0.717) is 56.9 Å². The first-order chi connectivity index (χ1) is 31.5. The first-order valence-electron chi connectivity index (χ1n) is 23.1. The van der Waals surface area contributed by atoms with Crippen molar-refractivity contribution in [1.82, 2.24) is 45.0 Å². The van der Waals surface area contributed by atoms with Crippen molar-refractivity contribution >= 4 is 52.0 Å². The van der Waals surface area contributed by atoms with Gasteiger partial charge in [-0.05, 0) is 81.4 Å². The van der Waals surface area contributed by atoms with E-state index in [4.69, 9.17) is 19.4 Å². The highest BCUT2D eigenvalue weighted by Gasteiger charge is 2.48. The molecule has 16 nitrogen and oxygen atoms in total. The Morgan fingerprint density at radius 3 is 2.59 bits per heavy atom. The number of carbonyl (C=O) groups is 5. The molecule has 7 heterocycles. The molecule has 4 aliphatic rings. The molecule has 0 radical (unpaired) electrons. The number of piperazine rings is 1. The second-order valence-electron chi connectivity index (χ2n) is 19.2. The quantitative estimate of drug-likeness (QED) is 0.156. The van der Waals surface area contributed by atoms with Crippen LogP contribution in [0.15, 0.2) is 54.6 Å². The Labute approximate surface area is 390 Å². The highest BCUT2D eigenvalue weighted by Crippen LogP contribution is 2.42. The molecule has 3 fully saturated rings. The molecule has 8 bridgehead atoms. The fraction of sp³-hybridized carbons (Fsp3) is 0.531. The fourth-order valence-electron chi connectivity index (χ4n) is 10.4. The minimum absolute atomic E-state index is 0.0770. The number of cyclic esters (lactones) is 1. The highest BCUT2D eigenvalue weighted by molar-refractivity contribution is 7.10. The number of fused-ring (bicyclic) bond motifs is 8. The number of hydrogen-bond acceptors (Lipinski definition) is 11. The van der Waals surface area contributed by atoms with Gasteiger partial charge in [-0.1, -0.05) is 40.3 Å². The van der Waals surface area contributed by atoms with Gasteiger partial charge in [0.05, 0.1) is 46.9 Å². The van der Waals surface area contributed by atoms with Crippen LogP contribution in [0.25, 0.3) is 33.4 Å². The molecule has 3 saturated heterocycles. The third-order valence-electron chi connectivity index (χ3n) is 13.7. The smallest absolute Gasteiger partial charge is 0.324 e. The number of rotatable bonds is 9. The van der Waals surface area contributed by atoms with Crippen LogP contribution in [0.2, 0.25) is 0 Å². The molecule has 0 saturated carbocycles. The van der Waals surface area contributed by atoms with E-state index in [-0.39, 0.29) is 49.1 Å². The van der Waals surface area contributed by atoms with Crippen molar-refractivity contribution in [1.29, 1.82) is 0 Å². The number of amides is 5. The number of nitrogens with zero attached hydrogens (tertiary/aromatic N) is 7. The van der Waals surface area contributed by atoms with E-state index >= 15 is 0 Å². The highest BCUT2D eigenvalue weighted by atomic mass is 32.1. The Kier molecular flexibility index (Phi) is 13.4. The van der Waals surface area contributed by atoms with Gasteiger partial charge in [0.2, 0.25) is 11.8 Å². The number of aromatic nitrogens is 3. The van der Waals surface area contributed by atoms with Gasteiger partial charge in [0.25, 0.3) is 5.91 Å². The van der Waals surface area contributed by atoms with Crippen LogP contribution in [0.5, 0.6) is 0 Å². The largest absolute Gasteiger partial charge is 0.464 e. The number of carbonyl (C=O) groups excluding carboxylic acids is 5. The van der Waals surface area contributed by atoms with Crippen LogP contribution in [-0.4, -0.2) is 135 Å². The second kappa shape index (κ2) is 18.9. The fourth-order valence-corrected chi connectivity index (χ4v) is 11.2. The molecule has 1 unspecified atom stereocenters. The van der Waals surface area contributed by atoms with Crippen molar-refractivity contribution in [2.45, 2.75) is 117 Å². The number of aryl methyl sites for hydroxylation is 1. The van der Waals surface area contributed by atoms with E-state index in [9.17, 15) is 24.0 Å². The minimum atomic E-state index is -1.08. The lowest BCUT2D eigenvalue weighted by Gasteiger charge is -2.39. The van der Waals surface area contributed by atoms with Crippen LogP contribution < -0.4 is 10.7 Å². The zero-order valence-corrected chi connectivity index (χ0v) is 40.2. The molecule has 4 aliphatic heterocycles. The van der Waals surface area contributed by atoms with Crippen molar-refractivity contribution in [3.8, 4) is 22.5 Å². The zero-order valence-electron chi connectivity index (χ0n) is 39.3. The van der Waals surface area contributed by atoms with Crippen LogP contribution in [0.1, 0.15) is 83.2 Å². The van der Waals surface area contributed by atoms with Crippen LogP contribution in [0, 0.1) is 11.3 Å². The summed E-state index contributed by atoms with van der Waals surface area (Å²) in [5.41, 5.74) is 9.27. The molecular formula is C49H63N9O7S. The molecule has 66 heavy (non-hydrogen) atoms. The predicted molar refractivity (Wildman–Crippen MR) is 252 cm³/mol. The summed E-state index contributed by atoms with van der Waals surface area (Å²) in [6.07, 6.45) is 5.16. The number of pyridine rings is 1. The van der Waals surface area contributed by atoms with Crippen LogP contribution in [0.4, 0.5) is 4.79 Å². The maximum atomic E-state index is 14.7. The first kappa shape index (κ1) is 46.9. The van der Waals surface area contributed by atoms with Crippen molar-refractivity contribution in [3.63, 3.8) is 0 Å². The number of nitrogens with one attached hydrogen (secondary N) is 2. The number of likely N-dealkylation sites (N-methyl/N-ethyl adjacent to an activating group) is 1. The topological polar surface area (TPSA) is 172 Å². The molecular weight excluding hydrogens is 859 g/mol. The summed E-state index contributed by atoms with van der Waals surface area (Å²) < 4.78 is 14.2. The molecule has 1 aromatic carbocycles. The number of hydrazine groups is 1. The Hall–Kier alpha value is -5.65. The first-order valence-corrected chi connectivity index (χ1v) is 24.0.